The number of methoxy groups -OCH3 is 1. The lowest BCUT2D eigenvalue weighted by Crippen LogP contribution is -2.31. The van der Waals surface area contributed by atoms with Crippen LogP contribution in [0.15, 0.2) is 12.7 Å². The number of nitrogen functional groups attached to an aromatic ring is 1. The third kappa shape index (κ3) is 1.89. The Bertz CT molecular complexity index is 694. The monoisotopic (exact) mass is 309 g/mol. The molecule has 0 aliphatic carbocycles. The van der Waals surface area contributed by atoms with Crippen LogP contribution >= 0.6 is 0 Å². The van der Waals surface area contributed by atoms with E-state index >= 15 is 0 Å². The van der Waals surface area contributed by atoms with Crippen molar-refractivity contribution in [1.82, 2.24) is 19.5 Å². The molecule has 2 aromatic rings. The Labute approximate surface area is 124 Å². The van der Waals surface area contributed by atoms with Crippen LogP contribution in [0.4, 0.5) is 5.82 Å². The van der Waals surface area contributed by atoms with Crippen molar-refractivity contribution < 1.29 is 24.1 Å². The maximum Gasteiger partial charge on any atom is 0.272 e. The van der Waals surface area contributed by atoms with Crippen LogP contribution in [0.3, 0.4) is 0 Å². The third-order valence-corrected chi connectivity index (χ3v) is 3.86. The first-order valence-electron chi connectivity index (χ1n) is 6.76. The van der Waals surface area contributed by atoms with E-state index in [1.54, 1.807) is 10.9 Å². The minimum atomic E-state index is -0.787. The van der Waals surface area contributed by atoms with Gasteiger partial charge in [-0.25, -0.2) is 15.0 Å². The maximum atomic E-state index is 9.47. The summed E-state index contributed by atoms with van der Waals surface area (Å²) in [6, 6.07) is 0. The van der Waals surface area contributed by atoms with Crippen molar-refractivity contribution in [2.24, 2.45) is 0 Å². The number of imidazole rings is 1. The molecule has 2 aromatic heterocycles. The van der Waals surface area contributed by atoms with E-state index in [0.717, 1.165) is 0 Å². The molecule has 2 saturated heterocycles. The van der Waals surface area contributed by atoms with Crippen LogP contribution in [0.2, 0.25) is 0 Å². The van der Waals surface area contributed by atoms with Crippen LogP contribution in [-0.4, -0.2) is 63.1 Å². The Hall–Kier alpha value is -1.85. The Morgan fingerprint density at radius 1 is 1.27 bits per heavy atom. The van der Waals surface area contributed by atoms with E-state index in [1.807, 2.05) is 0 Å². The Morgan fingerprint density at radius 2 is 2.09 bits per heavy atom. The summed E-state index contributed by atoms with van der Waals surface area (Å²) in [7, 11) is 1.48. The van der Waals surface area contributed by atoms with Crippen LogP contribution in [-0.2, 0) is 18.9 Å². The number of nitrogens with two attached hydrogens (primary N) is 1. The highest BCUT2D eigenvalue weighted by Gasteiger charge is 2.53. The average Bonchev–Trinajstić information content (AvgIpc) is 3.19. The van der Waals surface area contributed by atoms with Gasteiger partial charge in [0, 0.05) is 7.11 Å². The molecule has 2 fully saturated rings. The lowest BCUT2D eigenvalue weighted by molar-refractivity contribution is -0.256. The molecule has 5 atom stereocenters. The molecule has 10 nitrogen and oxygen atoms in total. The van der Waals surface area contributed by atoms with Gasteiger partial charge in [-0.3, -0.25) is 4.57 Å². The first-order chi connectivity index (χ1) is 10.7. The number of anilines is 1. The Balaban J connectivity index is 1.73. The predicted octanol–water partition coefficient (Wildman–Crippen LogP) is -0.988. The van der Waals surface area contributed by atoms with E-state index in [-0.39, 0.29) is 12.4 Å². The number of nitrogens with zero attached hydrogens (tertiary/aromatic N) is 4. The lowest BCUT2D eigenvalue weighted by Gasteiger charge is -2.19. The van der Waals surface area contributed by atoms with Crippen LogP contribution in [0.5, 0.6) is 0 Å². The summed E-state index contributed by atoms with van der Waals surface area (Å²) in [5, 5.41) is 9.47. The molecule has 0 saturated carbocycles. The highest BCUT2D eigenvalue weighted by molar-refractivity contribution is 5.81. The topological polar surface area (TPSA) is 127 Å². The van der Waals surface area contributed by atoms with Crippen LogP contribution < -0.4 is 5.73 Å². The molecule has 0 amide bonds. The summed E-state index contributed by atoms with van der Waals surface area (Å²) in [4.78, 5) is 12.3. The van der Waals surface area contributed by atoms with Gasteiger partial charge in [0.2, 0.25) is 0 Å². The second kappa shape index (κ2) is 5.11. The summed E-state index contributed by atoms with van der Waals surface area (Å²) in [6.07, 6.45) is 0.955. The van der Waals surface area contributed by atoms with E-state index < -0.39 is 31.0 Å². The number of ether oxygens (including phenoxy) is 4. The number of aliphatic hydroxyl groups is 1. The molecular weight excluding hydrogens is 294 g/mol. The first-order valence-corrected chi connectivity index (χ1v) is 6.76. The van der Waals surface area contributed by atoms with Crippen LogP contribution in [0, 0.1) is 0 Å². The number of rotatable bonds is 3. The second-order valence-corrected chi connectivity index (χ2v) is 5.06. The Morgan fingerprint density at radius 3 is 2.86 bits per heavy atom. The number of hydrogen-bond donors (Lipinski definition) is 2. The maximum absolute atomic E-state index is 9.47. The molecule has 2 aliphatic heterocycles. The van der Waals surface area contributed by atoms with Gasteiger partial charge >= 0.3 is 0 Å². The van der Waals surface area contributed by atoms with Gasteiger partial charge in [0.1, 0.15) is 30.2 Å². The molecule has 0 bridgehead atoms. The third-order valence-electron chi connectivity index (χ3n) is 3.86. The van der Waals surface area contributed by atoms with Gasteiger partial charge < -0.3 is 29.8 Å². The number of aromatic nitrogens is 4. The summed E-state index contributed by atoms with van der Waals surface area (Å²) in [6.45, 7) is -0.980. The fourth-order valence-corrected chi connectivity index (χ4v) is 2.84. The summed E-state index contributed by atoms with van der Waals surface area (Å²) < 4.78 is 23.8. The van der Waals surface area contributed by atoms with Gasteiger partial charge in [0.25, 0.3) is 6.48 Å². The number of hydrogen-bond acceptors (Lipinski definition) is 9. The van der Waals surface area contributed by atoms with Crippen molar-refractivity contribution in [2.45, 2.75) is 31.0 Å². The van der Waals surface area contributed by atoms with E-state index in [0.29, 0.717) is 11.2 Å². The molecule has 10 heteroatoms. The molecule has 4 heterocycles. The number of aliphatic hydroxyl groups excluding tert-OH is 1. The van der Waals surface area contributed by atoms with Crippen LogP contribution in [0.25, 0.3) is 11.2 Å². The SMILES string of the molecule is CO[C@H]1O[C@@H]2[C@H](O1)[C@@H](CO)O[C@H]2n1cnc2c(N)ncnc21. The molecule has 0 spiro atoms. The van der Waals surface area contributed by atoms with Gasteiger partial charge in [0.05, 0.1) is 12.9 Å². The molecular formula is C12H15N5O5. The Kier molecular flexibility index (Phi) is 3.20. The van der Waals surface area contributed by atoms with Gasteiger partial charge in [-0.2, -0.15) is 0 Å². The minimum absolute atomic E-state index is 0.193. The van der Waals surface area contributed by atoms with E-state index in [2.05, 4.69) is 15.0 Å². The molecule has 4 rings (SSSR count). The standard InChI is InChI=1S/C12H15N5O5/c1-19-12-21-7-5(2-18)20-11(8(7)22-12)17-4-16-6-9(13)14-3-15-10(6)17/h3-5,7-8,11-12,18H,2H2,1H3,(H2,13,14,15)/t5-,7-,8-,11-,12-/m1/s1. The van der Waals surface area contributed by atoms with E-state index in [4.69, 9.17) is 24.7 Å². The molecule has 2 aliphatic rings. The van der Waals surface area contributed by atoms with Crippen molar-refractivity contribution in [1.29, 1.82) is 0 Å². The molecule has 0 radical (unpaired) electrons. The zero-order valence-corrected chi connectivity index (χ0v) is 11.7. The van der Waals surface area contributed by atoms with E-state index in [1.165, 1.54) is 13.4 Å². The smallest absolute Gasteiger partial charge is 0.272 e. The molecule has 3 N–H and O–H groups in total. The minimum Gasteiger partial charge on any atom is -0.394 e. The van der Waals surface area contributed by atoms with Crippen molar-refractivity contribution in [2.75, 3.05) is 19.5 Å². The normalized spacial score (nSPS) is 34.4. The van der Waals surface area contributed by atoms with Gasteiger partial charge in [0.15, 0.2) is 17.7 Å². The summed E-state index contributed by atoms with van der Waals surface area (Å²) in [5.41, 5.74) is 6.80. The molecule has 118 valence electrons. The zero-order chi connectivity index (χ0) is 15.3. The van der Waals surface area contributed by atoms with Crippen molar-refractivity contribution in [3.8, 4) is 0 Å². The van der Waals surface area contributed by atoms with Crippen LogP contribution in [0.1, 0.15) is 6.23 Å². The quantitative estimate of drug-likeness (QED) is 0.734. The lowest BCUT2D eigenvalue weighted by atomic mass is 10.1. The molecule has 22 heavy (non-hydrogen) atoms. The summed E-state index contributed by atoms with van der Waals surface area (Å²) in [5.74, 6) is 0.287. The zero-order valence-electron chi connectivity index (χ0n) is 11.7. The highest BCUT2D eigenvalue weighted by atomic mass is 16.9. The fraction of sp³-hybridized carbons (Fsp3) is 0.583. The van der Waals surface area contributed by atoms with Gasteiger partial charge in [-0.1, -0.05) is 0 Å². The van der Waals surface area contributed by atoms with Crippen molar-refractivity contribution in [3.63, 3.8) is 0 Å². The van der Waals surface area contributed by atoms with E-state index in [9.17, 15) is 5.11 Å². The highest BCUT2D eigenvalue weighted by Crippen LogP contribution is 2.40. The largest absolute Gasteiger partial charge is 0.394 e. The fourth-order valence-electron chi connectivity index (χ4n) is 2.84. The molecule has 0 aromatic carbocycles. The van der Waals surface area contributed by atoms with Gasteiger partial charge in [-0.15, -0.1) is 0 Å². The number of fused-ring (bicyclic) bond motifs is 2. The predicted molar refractivity (Wildman–Crippen MR) is 71.3 cm³/mol. The van der Waals surface area contributed by atoms with Crippen molar-refractivity contribution >= 4 is 17.0 Å². The summed E-state index contributed by atoms with van der Waals surface area (Å²) >= 11 is 0. The van der Waals surface area contributed by atoms with Crippen molar-refractivity contribution in [3.05, 3.63) is 12.7 Å². The average molecular weight is 309 g/mol. The van der Waals surface area contributed by atoms with Gasteiger partial charge in [-0.05, 0) is 0 Å². The first kappa shape index (κ1) is 13.8. The second-order valence-electron chi connectivity index (χ2n) is 5.06. The molecule has 0 unspecified atom stereocenters.